The zero-order valence-electron chi connectivity index (χ0n) is 16.1. The predicted molar refractivity (Wildman–Crippen MR) is 122 cm³/mol. The molecule has 2 amide bonds. The van der Waals surface area contributed by atoms with Crippen LogP contribution in [0.4, 0.5) is 5.69 Å². The number of carbonyl (C=O) groups excluding carboxylic acids is 2. The summed E-state index contributed by atoms with van der Waals surface area (Å²) in [5.41, 5.74) is 8.00. The van der Waals surface area contributed by atoms with Gasteiger partial charge in [-0.2, -0.15) is 0 Å². The third-order valence-corrected chi connectivity index (χ3v) is 7.26. The van der Waals surface area contributed by atoms with Crippen LogP contribution < -0.4 is 11.1 Å². The number of thiazole rings is 1. The Bertz CT molecular complexity index is 1060. The molecule has 0 aliphatic carbocycles. The summed E-state index contributed by atoms with van der Waals surface area (Å²) in [4.78, 5) is 31.7. The van der Waals surface area contributed by atoms with Crippen LogP contribution in [0.5, 0.6) is 0 Å². The van der Waals surface area contributed by atoms with Crippen LogP contribution in [0, 0.1) is 0 Å². The van der Waals surface area contributed by atoms with E-state index in [1.807, 2.05) is 41.8 Å². The van der Waals surface area contributed by atoms with Crippen molar-refractivity contribution in [2.24, 2.45) is 5.73 Å². The van der Waals surface area contributed by atoms with E-state index in [0.29, 0.717) is 6.54 Å². The number of halogens is 1. The van der Waals surface area contributed by atoms with E-state index in [-0.39, 0.29) is 24.3 Å². The molecule has 3 heterocycles. The maximum Gasteiger partial charge on any atom is 0.234 e. The monoisotopic (exact) mass is 460 g/mol. The molecule has 3 aromatic rings. The first-order valence-electron chi connectivity index (χ1n) is 9.60. The van der Waals surface area contributed by atoms with Crippen LogP contribution in [0.3, 0.4) is 0 Å². The summed E-state index contributed by atoms with van der Waals surface area (Å²) in [5.74, 6) is -0.395. The minimum Gasteiger partial charge on any atom is -0.368 e. The quantitative estimate of drug-likeness (QED) is 0.554. The fourth-order valence-corrected chi connectivity index (χ4v) is 5.55. The fraction of sp³-hybridized carbons (Fsp3) is 0.286. The summed E-state index contributed by atoms with van der Waals surface area (Å²) < 4.78 is 0.718. The first-order valence-corrected chi connectivity index (χ1v) is 11.7. The molecule has 0 radical (unpaired) electrons. The smallest absolute Gasteiger partial charge is 0.234 e. The maximum atomic E-state index is 12.5. The molecule has 1 aliphatic rings. The molecule has 1 fully saturated rings. The Kier molecular flexibility index (Phi) is 6.48. The number of hydrogen-bond acceptors (Lipinski definition) is 6. The van der Waals surface area contributed by atoms with Crippen LogP contribution in [-0.2, 0) is 22.6 Å². The van der Waals surface area contributed by atoms with Crippen LogP contribution in [0.15, 0.2) is 41.8 Å². The molecule has 6 nitrogen and oxygen atoms in total. The number of rotatable bonds is 7. The van der Waals surface area contributed by atoms with E-state index in [0.717, 1.165) is 50.6 Å². The number of thiophene rings is 1. The van der Waals surface area contributed by atoms with Gasteiger partial charge in [-0.1, -0.05) is 23.7 Å². The summed E-state index contributed by atoms with van der Waals surface area (Å²) in [6, 6.07) is 11.3. The zero-order chi connectivity index (χ0) is 21.1. The van der Waals surface area contributed by atoms with Crippen molar-refractivity contribution in [1.29, 1.82) is 0 Å². The molecular formula is C21H21ClN4O2S2. The Balaban J connectivity index is 1.36. The van der Waals surface area contributed by atoms with Gasteiger partial charge in [0.2, 0.25) is 11.8 Å². The SMILES string of the molecule is NC(=O)C1CCCN1Cc1cccc(NC(=O)Cc2csc(-c3ccc(Cl)s3)n2)c1. The molecule has 0 spiro atoms. The van der Waals surface area contributed by atoms with Gasteiger partial charge >= 0.3 is 0 Å². The van der Waals surface area contributed by atoms with Gasteiger partial charge in [-0.3, -0.25) is 14.5 Å². The minimum absolute atomic E-state index is 0.121. The number of likely N-dealkylation sites (tertiary alicyclic amines) is 1. The van der Waals surface area contributed by atoms with Crippen LogP contribution >= 0.6 is 34.3 Å². The van der Waals surface area contributed by atoms with Crippen molar-refractivity contribution >= 4 is 51.8 Å². The largest absolute Gasteiger partial charge is 0.368 e. The molecule has 2 aromatic heterocycles. The molecule has 1 unspecified atom stereocenters. The van der Waals surface area contributed by atoms with Crippen molar-refractivity contribution in [3.63, 3.8) is 0 Å². The summed E-state index contributed by atoms with van der Waals surface area (Å²) in [7, 11) is 0. The first-order chi connectivity index (χ1) is 14.5. The van der Waals surface area contributed by atoms with E-state index in [2.05, 4.69) is 15.2 Å². The lowest BCUT2D eigenvalue weighted by Gasteiger charge is -2.22. The lowest BCUT2D eigenvalue weighted by atomic mass is 10.1. The third-order valence-electron chi connectivity index (χ3n) is 4.97. The van der Waals surface area contributed by atoms with Crippen LogP contribution in [0.25, 0.3) is 9.88 Å². The van der Waals surface area contributed by atoms with E-state index in [1.54, 1.807) is 0 Å². The van der Waals surface area contributed by atoms with E-state index >= 15 is 0 Å². The van der Waals surface area contributed by atoms with E-state index in [9.17, 15) is 9.59 Å². The van der Waals surface area contributed by atoms with Crippen molar-refractivity contribution in [1.82, 2.24) is 9.88 Å². The van der Waals surface area contributed by atoms with Gasteiger partial charge in [-0.25, -0.2) is 4.98 Å². The highest BCUT2D eigenvalue weighted by molar-refractivity contribution is 7.23. The van der Waals surface area contributed by atoms with Crippen molar-refractivity contribution in [3.8, 4) is 9.88 Å². The zero-order valence-corrected chi connectivity index (χ0v) is 18.5. The molecule has 30 heavy (non-hydrogen) atoms. The van der Waals surface area contributed by atoms with Gasteiger partial charge in [0.05, 0.1) is 27.4 Å². The van der Waals surface area contributed by atoms with E-state index in [1.165, 1.54) is 22.7 Å². The Hall–Kier alpha value is -2.26. The summed E-state index contributed by atoms with van der Waals surface area (Å²) >= 11 is 8.96. The molecule has 1 aromatic carbocycles. The lowest BCUT2D eigenvalue weighted by Crippen LogP contribution is -2.39. The van der Waals surface area contributed by atoms with Gasteiger partial charge in [0.25, 0.3) is 0 Å². The first kappa shape index (κ1) is 21.0. The Morgan fingerprint density at radius 3 is 2.93 bits per heavy atom. The van der Waals surface area contributed by atoms with Crippen LogP contribution in [0.2, 0.25) is 4.34 Å². The second-order valence-electron chi connectivity index (χ2n) is 7.20. The van der Waals surface area contributed by atoms with Crippen molar-refractivity contribution in [3.05, 3.63) is 57.4 Å². The highest BCUT2D eigenvalue weighted by Crippen LogP contribution is 2.33. The van der Waals surface area contributed by atoms with Gasteiger partial charge in [0.1, 0.15) is 5.01 Å². The number of primary amides is 1. The molecule has 1 aliphatic heterocycles. The minimum atomic E-state index is -0.274. The van der Waals surface area contributed by atoms with Crippen molar-refractivity contribution in [2.75, 3.05) is 11.9 Å². The highest BCUT2D eigenvalue weighted by atomic mass is 35.5. The average Bonchev–Trinajstić information content (AvgIpc) is 3.43. The topological polar surface area (TPSA) is 88.3 Å². The highest BCUT2D eigenvalue weighted by Gasteiger charge is 2.28. The number of aromatic nitrogens is 1. The van der Waals surface area contributed by atoms with E-state index < -0.39 is 0 Å². The van der Waals surface area contributed by atoms with Crippen molar-refractivity contribution < 1.29 is 9.59 Å². The second-order valence-corrected chi connectivity index (χ2v) is 9.78. The fourth-order valence-electron chi connectivity index (χ4n) is 3.62. The number of benzene rings is 1. The molecular weight excluding hydrogens is 440 g/mol. The Morgan fingerprint density at radius 1 is 1.30 bits per heavy atom. The van der Waals surface area contributed by atoms with Gasteiger partial charge in [-0.05, 0) is 49.2 Å². The van der Waals surface area contributed by atoms with Crippen molar-refractivity contribution in [2.45, 2.75) is 31.8 Å². The van der Waals surface area contributed by atoms with Gasteiger partial charge in [0, 0.05) is 17.6 Å². The van der Waals surface area contributed by atoms with Gasteiger partial charge in [-0.15, -0.1) is 22.7 Å². The summed E-state index contributed by atoms with van der Waals surface area (Å²) in [5, 5.41) is 5.71. The normalized spacial score (nSPS) is 16.6. The number of nitrogens with one attached hydrogen (secondary N) is 1. The predicted octanol–water partition coefficient (Wildman–Crippen LogP) is 4.16. The number of amides is 2. The molecule has 4 rings (SSSR count). The lowest BCUT2D eigenvalue weighted by molar-refractivity contribution is -0.122. The van der Waals surface area contributed by atoms with Gasteiger partial charge in [0.15, 0.2) is 0 Å². The average molecular weight is 461 g/mol. The number of anilines is 1. The second kappa shape index (κ2) is 9.26. The molecule has 1 atom stereocenters. The Labute approximate surface area is 187 Å². The molecule has 3 N–H and O–H groups in total. The number of carbonyl (C=O) groups is 2. The molecule has 1 saturated heterocycles. The standard InChI is InChI=1S/C21H21ClN4O2S2/c22-18-7-6-17(30-18)21-25-15(12-29-21)10-19(27)24-14-4-1-3-13(9-14)11-26-8-2-5-16(26)20(23)28/h1,3-4,6-7,9,12,16H,2,5,8,10-11H2,(H2,23,28)(H,24,27). The Morgan fingerprint density at radius 2 is 2.17 bits per heavy atom. The van der Waals surface area contributed by atoms with Gasteiger partial charge < -0.3 is 11.1 Å². The number of hydrogen-bond donors (Lipinski definition) is 2. The van der Waals surface area contributed by atoms with Crippen LogP contribution in [-0.4, -0.2) is 34.3 Å². The molecule has 156 valence electrons. The summed E-state index contributed by atoms with van der Waals surface area (Å²) in [6.07, 6.45) is 1.98. The maximum absolute atomic E-state index is 12.5. The molecule has 0 bridgehead atoms. The molecule has 0 saturated carbocycles. The van der Waals surface area contributed by atoms with Crippen LogP contribution in [0.1, 0.15) is 24.1 Å². The van der Waals surface area contributed by atoms with E-state index in [4.69, 9.17) is 17.3 Å². The number of nitrogens with zero attached hydrogens (tertiary/aromatic N) is 2. The third kappa shape index (κ3) is 5.07. The summed E-state index contributed by atoms with van der Waals surface area (Å²) in [6.45, 7) is 1.49. The number of nitrogens with two attached hydrogens (primary N) is 1. The molecule has 9 heteroatoms.